The van der Waals surface area contributed by atoms with Crippen molar-refractivity contribution in [3.63, 3.8) is 0 Å². The van der Waals surface area contributed by atoms with E-state index in [1.807, 2.05) is 19.1 Å². The Hall–Kier alpha value is -2.26. The zero-order valence-electron chi connectivity index (χ0n) is 21.3. The molecule has 1 aromatic rings. The second-order valence-electron chi connectivity index (χ2n) is 10.7. The van der Waals surface area contributed by atoms with Crippen LogP contribution in [0.5, 0.6) is 0 Å². The number of amidine groups is 1. The van der Waals surface area contributed by atoms with Crippen LogP contribution in [0.3, 0.4) is 0 Å². The summed E-state index contributed by atoms with van der Waals surface area (Å²) in [6.45, 7) is 4.79. The number of sulfonamides is 1. The highest BCUT2D eigenvalue weighted by atomic mass is 32.2. The molecule has 1 aliphatic carbocycles. The fraction of sp³-hybridized carbons (Fsp3) is 0.654. The van der Waals surface area contributed by atoms with Gasteiger partial charge in [-0.2, -0.15) is 0 Å². The van der Waals surface area contributed by atoms with Crippen molar-refractivity contribution >= 4 is 27.7 Å². The molecule has 35 heavy (non-hydrogen) atoms. The van der Waals surface area contributed by atoms with E-state index in [9.17, 15) is 18.0 Å². The predicted octanol–water partition coefficient (Wildman–Crippen LogP) is 2.76. The van der Waals surface area contributed by atoms with Crippen molar-refractivity contribution in [1.82, 2.24) is 14.5 Å². The molecule has 0 radical (unpaired) electrons. The van der Waals surface area contributed by atoms with Gasteiger partial charge >= 0.3 is 0 Å². The van der Waals surface area contributed by atoms with Gasteiger partial charge in [0.05, 0.1) is 5.75 Å². The minimum Gasteiger partial charge on any atom is -0.345 e. The third kappa shape index (κ3) is 5.45. The van der Waals surface area contributed by atoms with E-state index in [1.54, 1.807) is 20.2 Å². The minimum absolute atomic E-state index is 0.00276. The van der Waals surface area contributed by atoms with Crippen molar-refractivity contribution in [3.8, 4) is 0 Å². The first-order valence-corrected chi connectivity index (χ1v) is 14.3. The molecule has 1 saturated carbocycles. The van der Waals surface area contributed by atoms with Gasteiger partial charge in [-0.15, -0.1) is 0 Å². The Morgan fingerprint density at radius 1 is 1.17 bits per heavy atom. The number of nitrogens with zero attached hydrogens (tertiary/aromatic N) is 3. The zero-order chi connectivity index (χ0) is 25.4. The van der Waals surface area contributed by atoms with Crippen LogP contribution in [0.15, 0.2) is 23.2 Å². The molecule has 4 rings (SSSR count). The number of aliphatic imine (C=N–C) groups is 1. The molecule has 1 spiro atoms. The van der Waals surface area contributed by atoms with Gasteiger partial charge in [0.2, 0.25) is 10.0 Å². The Morgan fingerprint density at radius 3 is 2.43 bits per heavy atom. The highest BCUT2D eigenvalue weighted by Crippen LogP contribution is 2.36. The number of piperidine rings is 1. The highest BCUT2D eigenvalue weighted by molar-refractivity contribution is 7.89. The van der Waals surface area contributed by atoms with E-state index >= 15 is 0 Å². The fourth-order valence-electron chi connectivity index (χ4n) is 5.48. The highest BCUT2D eigenvalue weighted by Gasteiger charge is 2.48. The van der Waals surface area contributed by atoms with E-state index in [0.717, 1.165) is 48.6 Å². The number of rotatable bonds is 6. The van der Waals surface area contributed by atoms with Crippen LogP contribution in [0.25, 0.3) is 0 Å². The Morgan fingerprint density at radius 2 is 1.83 bits per heavy atom. The van der Waals surface area contributed by atoms with Crippen LogP contribution in [-0.4, -0.2) is 73.7 Å². The summed E-state index contributed by atoms with van der Waals surface area (Å²) < 4.78 is 27.7. The predicted molar refractivity (Wildman–Crippen MR) is 137 cm³/mol. The fourth-order valence-corrected chi connectivity index (χ4v) is 6.95. The van der Waals surface area contributed by atoms with Crippen molar-refractivity contribution in [3.05, 3.63) is 34.9 Å². The Labute approximate surface area is 209 Å². The summed E-state index contributed by atoms with van der Waals surface area (Å²) in [5.41, 5.74) is 1.61. The number of benzene rings is 1. The monoisotopic (exact) mass is 502 g/mol. The van der Waals surface area contributed by atoms with Crippen LogP contribution < -0.4 is 5.32 Å². The average molecular weight is 503 g/mol. The van der Waals surface area contributed by atoms with E-state index in [4.69, 9.17) is 4.99 Å². The molecule has 2 amide bonds. The summed E-state index contributed by atoms with van der Waals surface area (Å²) in [6, 6.07) is 5.41. The molecule has 1 N–H and O–H groups in total. The van der Waals surface area contributed by atoms with Gasteiger partial charge in [-0.1, -0.05) is 25.8 Å². The third-order valence-corrected chi connectivity index (χ3v) is 9.84. The summed E-state index contributed by atoms with van der Waals surface area (Å²) in [4.78, 5) is 31.4. The Balaban J connectivity index is 1.36. The largest absolute Gasteiger partial charge is 0.345 e. The second-order valence-corrected chi connectivity index (χ2v) is 12.8. The molecule has 0 bridgehead atoms. The van der Waals surface area contributed by atoms with E-state index in [2.05, 4.69) is 12.2 Å². The first kappa shape index (κ1) is 25.8. The van der Waals surface area contributed by atoms with Crippen LogP contribution in [0.2, 0.25) is 0 Å². The molecular weight excluding hydrogens is 464 g/mol. The molecule has 1 saturated heterocycles. The molecule has 192 valence electrons. The number of carbonyl (C=O) groups is 2. The minimum atomic E-state index is -3.46. The molecule has 0 aromatic heterocycles. The maximum absolute atomic E-state index is 13.1. The number of hydrogen-bond donors (Lipinski definition) is 1. The lowest BCUT2D eigenvalue weighted by atomic mass is 9.82. The van der Waals surface area contributed by atoms with Gasteiger partial charge in [0.25, 0.3) is 11.8 Å². The number of amides is 2. The lowest BCUT2D eigenvalue weighted by molar-refractivity contribution is -0.125. The van der Waals surface area contributed by atoms with Crippen molar-refractivity contribution in [1.29, 1.82) is 0 Å². The molecule has 3 aliphatic rings. The van der Waals surface area contributed by atoms with Gasteiger partial charge in [0, 0.05) is 38.7 Å². The van der Waals surface area contributed by atoms with Crippen molar-refractivity contribution in [2.45, 2.75) is 64.3 Å². The molecule has 2 aliphatic heterocycles. The summed E-state index contributed by atoms with van der Waals surface area (Å²) in [6.07, 6.45) is 5.66. The topological polar surface area (TPSA) is 99.2 Å². The average Bonchev–Trinajstić information content (AvgIpc) is 3.13. The molecular formula is C26H38N4O4S. The first-order valence-electron chi connectivity index (χ1n) is 12.7. The van der Waals surface area contributed by atoms with Crippen molar-refractivity contribution in [2.75, 3.05) is 32.9 Å². The number of carbonyl (C=O) groups excluding carboxylic acids is 2. The molecule has 2 heterocycles. The maximum atomic E-state index is 13.1. The van der Waals surface area contributed by atoms with Gasteiger partial charge in [-0.05, 0) is 68.2 Å². The SMILES string of the molecule is Cc1cc(C(=O)N(C)C)ccc1CCS(=O)(=O)N1CCC2(CC1)N=C(C1CCC(C)CC1)NC2=O. The molecule has 9 heteroatoms. The molecule has 0 unspecified atom stereocenters. The Bertz CT molecular complexity index is 1110. The smallest absolute Gasteiger partial charge is 0.253 e. The van der Waals surface area contributed by atoms with E-state index in [0.29, 0.717) is 43.8 Å². The van der Waals surface area contributed by atoms with E-state index in [1.165, 1.54) is 9.21 Å². The summed E-state index contributed by atoms with van der Waals surface area (Å²) in [7, 11) is -0.0501. The lowest BCUT2D eigenvalue weighted by Gasteiger charge is -2.34. The van der Waals surface area contributed by atoms with Gasteiger partial charge in [-0.3, -0.25) is 14.6 Å². The van der Waals surface area contributed by atoms with Crippen LogP contribution in [-0.2, 0) is 21.2 Å². The number of aryl methyl sites for hydroxylation is 2. The number of hydrogen-bond acceptors (Lipinski definition) is 5. The van der Waals surface area contributed by atoms with Crippen molar-refractivity contribution in [2.24, 2.45) is 16.8 Å². The van der Waals surface area contributed by atoms with E-state index in [-0.39, 0.29) is 17.6 Å². The quantitative estimate of drug-likeness (QED) is 0.647. The molecule has 8 nitrogen and oxygen atoms in total. The normalized spacial score (nSPS) is 24.8. The van der Waals surface area contributed by atoms with Gasteiger partial charge in [0.15, 0.2) is 0 Å². The van der Waals surface area contributed by atoms with Crippen molar-refractivity contribution < 1.29 is 18.0 Å². The Kier molecular flexibility index (Phi) is 7.38. The zero-order valence-corrected chi connectivity index (χ0v) is 22.2. The van der Waals surface area contributed by atoms with Crippen LogP contribution in [0.1, 0.15) is 66.9 Å². The summed E-state index contributed by atoms with van der Waals surface area (Å²) in [5, 5.41) is 3.04. The second kappa shape index (κ2) is 10.0. The lowest BCUT2D eigenvalue weighted by Crippen LogP contribution is -2.51. The molecule has 0 atom stereocenters. The maximum Gasteiger partial charge on any atom is 0.253 e. The van der Waals surface area contributed by atoms with Crippen LogP contribution >= 0.6 is 0 Å². The van der Waals surface area contributed by atoms with Crippen LogP contribution in [0.4, 0.5) is 0 Å². The summed E-state index contributed by atoms with van der Waals surface area (Å²) in [5.74, 6) is 1.74. The molecule has 2 fully saturated rings. The van der Waals surface area contributed by atoms with Gasteiger partial charge < -0.3 is 10.2 Å². The standard InChI is InChI=1S/C26H38N4O4S/c1-18-5-7-21(8-6-18)23-27-25(32)26(28-23)12-14-30(15-13-26)35(33,34)16-11-20-9-10-22(17-19(20)2)24(31)29(3)4/h9-10,17-18,21H,5-8,11-16H2,1-4H3,(H,27,28,32). The molecule has 1 aromatic carbocycles. The van der Waals surface area contributed by atoms with E-state index < -0.39 is 15.6 Å². The van der Waals surface area contributed by atoms with Gasteiger partial charge in [0.1, 0.15) is 11.4 Å². The number of nitrogens with one attached hydrogen (secondary N) is 1. The van der Waals surface area contributed by atoms with Crippen LogP contribution in [0, 0.1) is 18.8 Å². The third-order valence-electron chi connectivity index (χ3n) is 7.97. The summed E-state index contributed by atoms with van der Waals surface area (Å²) >= 11 is 0. The van der Waals surface area contributed by atoms with Gasteiger partial charge in [-0.25, -0.2) is 12.7 Å². The first-order chi connectivity index (χ1) is 16.5.